The molecule has 90 valence electrons. The van der Waals surface area contributed by atoms with Gasteiger partial charge in [0, 0.05) is 11.6 Å². The summed E-state index contributed by atoms with van der Waals surface area (Å²) in [6.07, 6.45) is 10.5. The minimum absolute atomic E-state index is 0.0807. The summed E-state index contributed by atoms with van der Waals surface area (Å²) < 4.78 is 0. The SMILES string of the molecule is C/C=C\C=C(/C)C(=O)N[C@@H]1CCC[C@H](C)C1. The Morgan fingerprint density at radius 3 is 2.75 bits per heavy atom. The smallest absolute Gasteiger partial charge is 0.247 e. The van der Waals surface area contributed by atoms with Crippen LogP contribution in [-0.4, -0.2) is 11.9 Å². The third-order valence-electron chi connectivity index (χ3n) is 3.17. The Hall–Kier alpha value is -1.05. The van der Waals surface area contributed by atoms with E-state index in [0.29, 0.717) is 6.04 Å². The predicted octanol–water partition coefficient (Wildman–Crippen LogP) is 3.20. The van der Waals surface area contributed by atoms with Gasteiger partial charge in [-0.3, -0.25) is 4.79 Å². The van der Waals surface area contributed by atoms with Crippen LogP contribution in [0.5, 0.6) is 0 Å². The highest BCUT2D eigenvalue weighted by molar-refractivity contribution is 5.93. The van der Waals surface area contributed by atoms with Gasteiger partial charge < -0.3 is 5.32 Å². The van der Waals surface area contributed by atoms with Crippen LogP contribution in [0.2, 0.25) is 0 Å². The molecule has 0 aromatic rings. The van der Waals surface area contributed by atoms with Crippen molar-refractivity contribution < 1.29 is 4.79 Å². The minimum atomic E-state index is 0.0807. The Labute approximate surface area is 98.8 Å². The van der Waals surface area contributed by atoms with Crippen molar-refractivity contribution in [2.45, 2.75) is 52.5 Å². The fourth-order valence-electron chi connectivity index (χ4n) is 2.18. The standard InChI is InChI=1S/C14H23NO/c1-4-5-8-12(3)14(16)15-13-9-6-7-11(2)10-13/h4-5,8,11,13H,6-7,9-10H2,1-3H3,(H,15,16)/b5-4-,12-8+/t11-,13+/m0/s1. The molecule has 2 heteroatoms. The molecule has 0 heterocycles. The van der Waals surface area contributed by atoms with Gasteiger partial charge in [0.1, 0.15) is 0 Å². The molecule has 1 aliphatic carbocycles. The molecule has 0 radical (unpaired) electrons. The lowest BCUT2D eigenvalue weighted by atomic mass is 9.87. The molecule has 2 nitrogen and oxygen atoms in total. The van der Waals surface area contributed by atoms with Crippen molar-refractivity contribution >= 4 is 5.91 Å². The Morgan fingerprint density at radius 2 is 2.12 bits per heavy atom. The first-order valence-electron chi connectivity index (χ1n) is 6.24. The first-order valence-corrected chi connectivity index (χ1v) is 6.24. The molecule has 0 unspecified atom stereocenters. The molecule has 0 aromatic heterocycles. The van der Waals surface area contributed by atoms with Crippen LogP contribution in [0.3, 0.4) is 0 Å². The average Bonchev–Trinajstić information content (AvgIpc) is 2.25. The third kappa shape index (κ3) is 4.21. The molecular formula is C14H23NO. The zero-order chi connectivity index (χ0) is 12.0. The maximum atomic E-state index is 11.8. The van der Waals surface area contributed by atoms with E-state index in [-0.39, 0.29) is 5.91 Å². The van der Waals surface area contributed by atoms with Gasteiger partial charge in [0.2, 0.25) is 5.91 Å². The summed E-state index contributed by atoms with van der Waals surface area (Å²) in [5.74, 6) is 0.830. The molecule has 1 rings (SSSR count). The molecule has 1 aliphatic rings. The quantitative estimate of drug-likeness (QED) is 0.575. The molecule has 0 aromatic carbocycles. The zero-order valence-corrected chi connectivity index (χ0v) is 10.6. The summed E-state index contributed by atoms with van der Waals surface area (Å²) in [4.78, 5) is 11.8. The monoisotopic (exact) mass is 221 g/mol. The topological polar surface area (TPSA) is 29.1 Å². The van der Waals surface area contributed by atoms with Gasteiger partial charge >= 0.3 is 0 Å². The van der Waals surface area contributed by atoms with E-state index in [0.717, 1.165) is 24.3 Å². The van der Waals surface area contributed by atoms with E-state index in [2.05, 4.69) is 12.2 Å². The zero-order valence-electron chi connectivity index (χ0n) is 10.6. The average molecular weight is 221 g/mol. The molecule has 1 fully saturated rings. The van der Waals surface area contributed by atoms with E-state index >= 15 is 0 Å². The Morgan fingerprint density at radius 1 is 1.38 bits per heavy atom. The largest absolute Gasteiger partial charge is 0.350 e. The maximum absolute atomic E-state index is 11.8. The van der Waals surface area contributed by atoms with Gasteiger partial charge in [-0.05, 0) is 32.6 Å². The van der Waals surface area contributed by atoms with Gasteiger partial charge in [-0.15, -0.1) is 0 Å². The molecule has 2 atom stereocenters. The number of allylic oxidation sites excluding steroid dienone is 3. The molecule has 0 bridgehead atoms. The van der Waals surface area contributed by atoms with E-state index in [9.17, 15) is 4.79 Å². The fourth-order valence-corrected chi connectivity index (χ4v) is 2.18. The Balaban J connectivity index is 2.44. The summed E-state index contributed by atoms with van der Waals surface area (Å²) in [7, 11) is 0. The van der Waals surface area contributed by atoms with Crippen LogP contribution >= 0.6 is 0 Å². The van der Waals surface area contributed by atoms with E-state index in [4.69, 9.17) is 0 Å². The lowest BCUT2D eigenvalue weighted by molar-refractivity contribution is -0.118. The highest BCUT2D eigenvalue weighted by atomic mass is 16.1. The number of hydrogen-bond acceptors (Lipinski definition) is 1. The van der Waals surface area contributed by atoms with Gasteiger partial charge in [-0.2, -0.15) is 0 Å². The summed E-state index contributed by atoms with van der Waals surface area (Å²) >= 11 is 0. The minimum Gasteiger partial charge on any atom is -0.350 e. The van der Waals surface area contributed by atoms with Crippen molar-refractivity contribution in [2.24, 2.45) is 5.92 Å². The van der Waals surface area contributed by atoms with Crippen LogP contribution in [0.4, 0.5) is 0 Å². The van der Waals surface area contributed by atoms with Crippen molar-refractivity contribution in [3.05, 3.63) is 23.8 Å². The normalized spacial score (nSPS) is 27.1. The van der Waals surface area contributed by atoms with Gasteiger partial charge in [0.25, 0.3) is 0 Å². The second-order valence-electron chi connectivity index (χ2n) is 4.82. The number of nitrogens with one attached hydrogen (secondary N) is 1. The number of hydrogen-bond donors (Lipinski definition) is 1. The molecule has 0 saturated heterocycles. The second-order valence-corrected chi connectivity index (χ2v) is 4.82. The highest BCUT2D eigenvalue weighted by Gasteiger charge is 2.20. The molecule has 1 amide bonds. The van der Waals surface area contributed by atoms with Gasteiger partial charge in [0.15, 0.2) is 0 Å². The van der Waals surface area contributed by atoms with Crippen molar-refractivity contribution in [3.63, 3.8) is 0 Å². The molecule has 0 aliphatic heterocycles. The summed E-state index contributed by atoms with van der Waals surface area (Å²) in [5, 5.41) is 3.12. The van der Waals surface area contributed by atoms with E-state index in [1.165, 1.54) is 12.8 Å². The maximum Gasteiger partial charge on any atom is 0.247 e. The van der Waals surface area contributed by atoms with Crippen LogP contribution in [0.1, 0.15) is 46.5 Å². The van der Waals surface area contributed by atoms with Crippen LogP contribution in [0.25, 0.3) is 0 Å². The first-order chi connectivity index (χ1) is 7.63. The number of rotatable bonds is 3. The van der Waals surface area contributed by atoms with E-state index in [1.807, 2.05) is 32.1 Å². The Kier molecular flexibility index (Phi) is 5.30. The molecule has 1 N–H and O–H groups in total. The lowest BCUT2D eigenvalue weighted by Gasteiger charge is -2.27. The molecule has 16 heavy (non-hydrogen) atoms. The van der Waals surface area contributed by atoms with Gasteiger partial charge in [0.05, 0.1) is 0 Å². The van der Waals surface area contributed by atoms with Crippen LogP contribution in [0, 0.1) is 5.92 Å². The first kappa shape index (κ1) is 13.0. The number of carbonyl (C=O) groups is 1. The molecule has 1 saturated carbocycles. The second kappa shape index (κ2) is 6.51. The van der Waals surface area contributed by atoms with Crippen molar-refractivity contribution in [3.8, 4) is 0 Å². The van der Waals surface area contributed by atoms with Crippen molar-refractivity contribution in [2.75, 3.05) is 0 Å². The van der Waals surface area contributed by atoms with E-state index < -0.39 is 0 Å². The van der Waals surface area contributed by atoms with Gasteiger partial charge in [-0.25, -0.2) is 0 Å². The highest BCUT2D eigenvalue weighted by Crippen LogP contribution is 2.23. The van der Waals surface area contributed by atoms with Crippen LogP contribution in [-0.2, 0) is 4.79 Å². The van der Waals surface area contributed by atoms with Gasteiger partial charge in [-0.1, -0.05) is 38.0 Å². The lowest BCUT2D eigenvalue weighted by Crippen LogP contribution is -2.38. The fraction of sp³-hybridized carbons (Fsp3) is 0.643. The molecular weight excluding hydrogens is 198 g/mol. The van der Waals surface area contributed by atoms with Crippen LogP contribution in [0.15, 0.2) is 23.8 Å². The van der Waals surface area contributed by atoms with Crippen LogP contribution < -0.4 is 5.32 Å². The Bertz CT molecular complexity index is 291. The van der Waals surface area contributed by atoms with E-state index in [1.54, 1.807) is 0 Å². The summed E-state index contributed by atoms with van der Waals surface area (Å²) in [5.41, 5.74) is 0.788. The number of amides is 1. The molecule has 0 spiro atoms. The predicted molar refractivity (Wildman–Crippen MR) is 68.1 cm³/mol. The van der Waals surface area contributed by atoms with Crippen molar-refractivity contribution in [1.29, 1.82) is 0 Å². The third-order valence-corrected chi connectivity index (χ3v) is 3.17. The summed E-state index contributed by atoms with van der Waals surface area (Å²) in [6.45, 7) is 6.08. The number of carbonyl (C=O) groups excluding carboxylic acids is 1. The summed E-state index contributed by atoms with van der Waals surface area (Å²) in [6, 6.07) is 0.380. The van der Waals surface area contributed by atoms with Crippen molar-refractivity contribution in [1.82, 2.24) is 5.32 Å².